The standard InChI is InChI=1S/C15H17FN4O/c1-3-20(13-7-5-4-6-12(13)16)15(21)11-8-10(2)18-14(9-11)19-17/h4-9H,3,17H2,1-2H3,(H,18,19). The van der Waals surface area contributed by atoms with E-state index in [-0.39, 0.29) is 11.6 Å². The summed E-state index contributed by atoms with van der Waals surface area (Å²) in [5, 5.41) is 0. The number of pyridine rings is 1. The Hall–Kier alpha value is -2.47. The molecule has 1 aromatic heterocycles. The van der Waals surface area contributed by atoms with Crippen LogP contribution in [-0.4, -0.2) is 17.4 Å². The van der Waals surface area contributed by atoms with E-state index in [0.29, 0.717) is 23.6 Å². The Labute approximate surface area is 122 Å². The number of carbonyl (C=O) groups is 1. The Morgan fingerprint density at radius 1 is 1.38 bits per heavy atom. The molecule has 0 radical (unpaired) electrons. The molecule has 0 bridgehead atoms. The molecule has 0 atom stereocenters. The molecule has 1 heterocycles. The average molecular weight is 288 g/mol. The lowest BCUT2D eigenvalue weighted by Gasteiger charge is -2.22. The molecule has 2 aromatic rings. The lowest BCUT2D eigenvalue weighted by molar-refractivity contribution is 0.0987. The number of nitrogens with zero attached hydrogens (tertiary/aromatic N) is 2. The summed E-state index contributed by atoms with van der Waals surface area (Å²) in [6.07, 6.45) is 0. The third-order valence-corrected chi connectivity index (χ3v) is 3.05. The number of carbonyl (C=O) groups excluding carboxylic acids is 1. The number of hydrogen-bond acceptors (Lipinski definition) is 4. The first kappa shape index (κ1) is 14.9. The summed E-state index contributed by atoms with van der Waals surface area (Å²) >= 11 is 0. The van der Waals surface area contributed by atoms with Crippen LogP contribution in [0.1, 0.15) is 23.0 Å². The Morgan fingerprint density at radius 3 is 2.71 bits per heavy atom. The molecular formula is C15H17FN4O. The van der Waals surface area contributed by atoms with Crippen LogP contribution in [0, 0.1) is 12.7 Å². The van der Waals surface area contributed by atoms with E-state index in [1.807, 2.05) is 0 Å². The van der Waals surface area contributed by atoms with Gasteiger partial charge in [-0.05, 0) is 38.1 Å². The third-order valence-electron chi connectivity index (χ3n) is 3.05. The number of aromatic nitrogens is 1. The van der Waals surface area contributed by atoms with Crippen molar-refractivity contribution in [2.45, 2.75) is 13.8 Å². The zero-order valence-electron chi connectivity index (χ0n) is 11.9. The Bertz CT molecular complexity index is 660. The lowest BCUT2D eigenvalue weighted by Crippen LogP contribution is -2.31. The zero-order valence-corrected chi connectivity index (χ0v) is 11.9. The number of halogens is 1. The Balaban J connectivity index is 2.41. The molecule has 1 aromatic carbocycles. The lowest BCUT2D eigenvalue weighted by atomic mass is 10.1. The van der Waals surface area contributed by atoms with Gasteiger partial charge in [0.2, 0.25) is 0 Å². The Kier molecular flexibility index (Phi) is 4.49. The number of nitrogens with one attached hydrogen (secondary N) is 1. The maximum absolute atomic E-state index is 13.9. The molecule has 21 heavy (non-hydrogen) atoms. The highest BCUT2D eigenvalue weighted by Crippen LogP contribution is 2.21. The van der Waals surface area contributed by atoms with E-state index in [1.165, 1.54) is 11.0 Å². The van der Waals surface area contributed by atoms with Crippen molar-refractivity contribution in [1.82, 2.24) is 4.98 Å². The molecule has 1 amide bonds. The molecule has 0 saturated heterocycles. The van der Waals surface area contributed by atoms with E-state index in [0.717, 1.165) is 0 Å². The fraction of sp³-hybridized carbons (Fsp3) is 0.200. The van der Waals surface area contributed by atoms with Crippen LogP contribution in [-0.2, 0) is 0 Å². The maximum Gasteiger partial charge on any atom is 0.258 e. The van der Waals surface area contributed by atoms with Crippen molar-refractivity contribution >= 4 is 17.4 Å². The van der Waals surface area contributed by atoms with Crippen molar-refractivity contribution in [3.8, 4) is 0 Å². The predicted octanol–water partition coefficient (Wildman–Crippen LogP) is 2.48. The second-order valence-corrected chi connectivity index (χ2v) is 4.53. The highest BCUT2D eigenvalue weighted by molar-refractivity contribution is 6.06. The van der Waals surface area contributed by atoms with E-state index in [4.69, 9.17) is 5.84 Å². The molecular weight excluding hydrogens is 271 g/mol. The van der Waals surface area contributed by atoms with Crippen molar-refractivity contribution < 1.29 is 9.18 Å². The average Bonchev–Trinajstić information content (AvgIpc) is 2.49. The molecule has 5 nitrogen and oxygen atoms in total. The summed E-state index contributed by atoms with van der Waals surface area (Å²) in [5.74, 6) is 4.99. The number of nitrogen functional groups attached to an aromatic ring is 1. The first-order valence-electron chi connectivity index (χ1n) is 6.58. The van der Waals surface area contributed by atoms with Crippen LogP contribution in [0.25, 0.3) is 0 Å². The number of hydrazine groups is 1. The van der Waals surface area contributed by atoms with Crippen molar-refractivity contribution in [3.63, 3.8) is 0 Å². The molecule has 110 valence electrons. The number of benzene rings is 1. The third kappa shape index (κ3) is 3.17. The second-order valence-electron chi connectivity index (χ2n) is 4.53. The van der Waals surface area contributed by atoms with E-state index < -0.39 is 5.82 Å². The SMILES string of the molecule is CCN(C(=O)c1cc(C)nc(NN)c1)c1ccccc1F. The van der Waals surface area contributed by atoms with Gasteiger partial charge in [0.15, 0.2) is 0 Å². The molecule has 0 fully saturated rings. The number of hydrogen-bond donors (Lipinski definition) is 2. The van der Waals surface area contributed by atoms with Crippen molar-refractivity contribution in [2.24, 2.45) is 5.84 Å². The van der Waals surface area contributed by atoms with Gasteiger partial charge in [-0.15, -0.1) is 0 Å². The minimum absolute atomic E-state index is 0.252. The molecule has 0 saturated carbocycles. The monoisotopic (exact) mass is 288 g/mol. The fourth-order valence-corrected chi connectivity index (χ4v) is 2.12. The molecule has 0 spiro atoms. The summed E-state index contributed by atoms with van der Waals surface area (Å²) in [7, 11) is 0. The van der Waals surface area contributed by atoms with Crippen molar-refractivity contribution in [2.75, 3.05) is 16.9 Å². The van der Waals surface area contributed by atoms with Gasteiger partial charge in [-0.25, -0.2) is 15.2 Å². The van der Waals surface area contributed by atoms with Crippen LogP contribution in [0.5, 0.6) is 0 Å². The van der Waals surface area contributed by atoms with E-state index in [9.17, 15) is 9.18 Å². The number of anilines is 2. The van der Waals surface area contributed by atoms with Gasteiger partial charge in [0, 0.05) is 17.8 Å². The van der Waals surface area contributed by atoms with Gasteiger partial charge in [-0.3, -0.25) is 4.79 Å². The Morgan fingerprint density at radius 2 is 2.10 bits per heavy atom. The van der Waals surface area contributed by atoms with Crippen molar-refractivity contribution in [1.29, 1.82) is 0 Å². The summed E-state index contributed by atoms with van der Waals surface area (Å²) in [5.41, 5.74) is 3.72. The first-order chi connectivity index (χ1) is 10.1. The number of rotatable bonds is 4. The molecule has 0 aliphatic rings. The zero-order chi connectivity index (χ0) is 15.4. The largest absolute Gasteiger partial charge is 0.308 e. The van der Waals surface area contributed by atoms with Crippen molar-refractivity contribution in [3.05, 3.63) is 53.5 Å². The van der Waals surface area contributed by atoms with Gasteiger partial charge < -0.3 is 10.3 Å². The van der Waals surface area contributed by atoms with Crippen LogP contribution in [0.3, 0.4) is 0 Å². The normalized spacial score (nSPS) is 10.3. The van der Waals surface area contributed by atoms with E-state index in [2.05, 4.69) is 10.4 Å². The highest BCUT2D eigenvalue weighted by atomic mass is 19.1. The van der Waals surface area contributed by atoms with E-state index in [1.54, 1.807) is 44.2 Å². The smallest absolute Gasteiger partial charge is 0.258 e. The summed E-state index contributed by atoms with van der Waals surface area (Å²) < 4.78 is 13.9. The van der Waals surface area contributed by atoms with Gasteiger partial charge >= 0.3 is 0 Å². The number of nitrogens with two attached hydrogens (primary N) is 1. The molecule has 3 N–H and O–H groups in total. The summed E-state index contributed by atoms with van der Waals surface area (Å²) in [4.78, 5) is 18.1. The summed E-state index contributed by atoms with van der Waals surface area (Å²) in [6, 6.07) is 9.37. The van der Waals surface area contributed by atoms with Crippen LogP contribution in [0.2, 0.25) is 0 Å². The summed E-state index contributed by atoms with van der Waals surface area (Å²) in [6.45, 7) is 3.91. The number of amides is 1. The molecule has 0 aliphatic heterocycles. The maximum atomic E-state index is 13.9. The molecule has 0 aliphatic carbocycles. The topological polar surface area (TPSA) is 71.2 Å². The number of aryl methyl sites for hydroxylation is 1. The molecule has 6 heteroatoms. The van der Waals surface area contributed by atoms with Gasteiger partial charge in [0.05, 0.1) is 5.69 Å². The fourth-order valence-electron chi connectivity index (χ4n) is 2.12. The van der Waals surface area contributed by atoms with Crippen LogP contribution < -0.4 is 16.2 Å². The van der Waals surface area contributed by atoms with Gasteiger partial charge in [-0.1, -0.05) is 12.1 Å². The second kappa shape index (κ2) is 6.32. The molecule has 0 unspecified atom stereocenters. The van der Waals surface area contributed by atoms with Gasteiger partial charge in [0.1, 0.15) is 11.6 Å². The first-order valence-corrected chi connectivity index (χ1v) is 6.58. The molecule has 2 rings (SSSR count). The van der Waals surface area contributed by atoms with Gasteiger partial charge in [0.25, 0.3) is 5.91 Å². The van der Waals surface area contributed by atoms with Crippen LogP contribution in [0.15, 0.2) is 36.4 Å². The highest BCUT2D eigenvalue weighted by Gasteiger charge is 2.19. The van der Waals surface area contributed by atoms with Gasteiger partial charge in [-0.2, -0.15) is 0 Å². The quantitative estimate of drug-likeness (QED) is 0.670. The van der Waals surface area contributed by atoms with E-state index >= 15 is 0 Å². The predicted molar refractivity (Wildman–Crippen MR) is 80.5 cm³/mol. The minimum atomic E-state index is -0.435. The van der Waals surface area contributed by atoms with Crippen LogP contribution >= 0.6 is 0 Å². The number of para-hydroxylation sites is 1. The van der Waals surface area contributed by atoms with Crippen LogP contribution in [0.4, 0.5) is 15.9 Å². The minimum Gasteiger partial charge on any atom is -0.308 e.